The zero-order chi connectivity index (χ0) is 5.41. The molecule has 0 rings (SSSR count). The zero-order valence-electron chi connectivity index (χ0n) is 3.53. The van der Waals surface area contributed by atoms with Crippen LogP contribution in [0.5, 0.6) is 0 Å². The smallest absolute Gasteiger partial charge is 0.734 e. The van der Waals surface area contributed by atoms with E-state index in [-0.39, 0.29) is 58.9 Å². The third kappa shape index (κ3) is 116. The van der Waals surface area contributed by atoms with Crippen molar-refractivity contribution in [1.82, 2.24) is 0 Å². The molecule has 1 radical (unpaired) electrons. The predicted molar refractivity (Wildman–Crippen MR) is 2.17 cm³/mol. The molecule has 0 amide bonds. The normalized spacial score (nSPS) is 4.50. The minimum absolute atomic E-state index is 0. The van der Waals surface area contributed by atoms with E-state index in [1.165, 1.54) is 0 Å². The van der Waals surface area contributed by atoms with Crippen molar-refractivity contribution in [2.24, 2.45) is 0 Å². The van der Waals surface area contributed by atoms with Crippen LogP contribution >= 0.6 is 0 Å². The Labute approximate surface area is 89.1 Å². The van der Waals surface area contributed by atoms with Crippen molar-refractivity contribution < 1.29 is 90.0 Å². The van der Waals surface area contributed by atoms with Gasteiger partial charge in [0.25, 0.3) is 0 Å². The first-order chi connectivity index (χ1) is 2.83. The van der Waals surface area contributed by atoms with E-state index in [2.05, 4.69) is 0 Å². The molecule has 0 aromatic carbocycles. The van der Waals surface area contributed by atoms with Crippen LogP contribution in [0.1, 0.15) is 0 Å². The first-order valence-corrected chi connectivity index (χ1v) is 0.667. The number of hydrogen-bond acceptors (Lipinski definition) is 6. The Morgan fingerprint density at radius 1 is 0.750 bits per heavy atom. The van der Waals surface area contributed by atoms with Gasteiger partial charge < -0.3 is 31.1 Å². The first kappa shape index (κ1) is 22.6. The van der Waals surface area contributed by atoms with E-state index in [0.717, 1.165) is 0 Å². The maximum absolute atomic E-state index is 7.88. The molecule has 0 saturated carbocycles. The van der Waals surface area contributed by atoms with Gasteiger partial charge in [0.2, 0.25) is 0 Å². The third-order valence-corrected chi connectivity index (χ3v) is 0. The van der Waals surface area contributed by atoms with Crippen LogP contribution in [0, 0.1) is 0 Å². The summed E-state index contributed by atoms with van der Waals surface area (Å²) in [6, 6.07) is 0. The van der Waals surface area contributed by atoms with E-state index >= 15 is 0 Å². The summed E-state index contributed by atoms with van der Waals surface area (Å²) in [6.45, 7) is 0. The van der Waals surface area contributed by atoms with E-state index in [1.807, 2.05) is 0 Å². The quantitative estimate of drug-likeness (QED) is 0.324. The van der Waals surface area contributed by atoms with Crippen LogP contribution in [0.25, 0.3) is 0 Å². The fourth-order valence-electron chi connectivity index (χ4n) is 0. The minimum Gasteiger partial charge on any atom is -0.734 e. The summed E-state index contributed by atoms with van der Waals surface area (Å²) in [4.78, 5) is 0. The van der Waals surface area contributed by atoms with Crippen LogP contribution in [0.3, 0.4) is 0 Å². The average molecular weight is 276 g/mol. The number of hydrogen-bond donors (Lipinski definition) is 0. The van der Waals surface area contributed by atoms with Gasteiger partial charge in [-0.3, -0.25) is 0 Å². The van der Waals surface area contributed by atoms with Gasteiger partial charge in [0.15, 0.2) is 0 Å². The molecule has 0 aliphatic carbocycles. The minimum atomic E-state index is 0. The van der Waals surface area contributed by atoms with Gasteiger partial charge in [-0.2, -0.15) is 0 Å². The molecule has 0 heterocycles. The van der Waals surface area contributed by atoms with E-state index in [0.29, 0.717) is 0 Å². The molecular weight excluding hydrogens is 276 g/mol. The average Bonchev–Trinajstić information content (AvgIpc) is 1.39. The van der Waals surface area contributed by atoms with Gasteiger partial charge >= 0.3 is 26.2 Å². The molecule has 43 valence electrons. The van der Waals surface area contributed by atoms with Crippen LogP contribution in [-0.2, 0) is 69.0 Å². The fourth-order valence-corrected chi connectivity index (χ4v) is 0. The second-order valence-electron chi connectivity index (χ2n) is 0.136. The van der Waals surface area contributed by atoms with E-state index in [4.69, 9.17) is 21.0 Å². The molecule has 0 atom stereocenters. The summed E-state index contributed by atoms with van der Waals surface area (Å²) in [6.07, 6.45) is 0. The van der Waals surface area contributed by atoms with Crippen molar-refractivity contribution >= 4 is 0 Å². The molecule has 0 saturated heterocycles. The molecule has 0 unspecified atom stereocenters. The summed E-state index contributed by atoms with van der Waals surface area (Å²) in [5.74, 6) is 0. The van der Waals surface area contributed by atoms with Crippen LogP contribution in [0.15, 0.2) is 0 Å². The molecule has 6 nitrogen and oxygen atoms in total. The maximum Gasteiger partial charge on any atom is 4.00 e. The Morgan fingerprint density at radius 2 is 0.750 bits per heavy atom. The van der Waals surface area contributed by atoms with Gasteiger partial charge in [0.05, 0.1) is 0 Å². The summed E-state index contributed by atoms with van der Waals surface area (Å²) < 4.78 is 0. The van der Waals surface area contributed by atoms with Gasteiger partial charge in [0.1, 0.15) is 0 Å². The fraction of sp³-hybridized carbons (Fsp3) is 0. The van der Waals surface area contributed by atoms with Gasteiger partial charge in [0, 0.05) is 32.7 Å². The Kier molecular flexibility index (Phi) is 106. The predicted octanol–water partition coefficient (Wildman–Crippen LogP) is -4.90. The van der Waals surface area contributed by atoms with Crippen molar-refractivity contribution in [3.63, 3.8) is 0 Å². The molecule has 0 aliphatic rings. The summed E-state index contributed by atoms with van der Waals surface area (Å²) in [5.41, 5.74) is 0. The van der Waals surface area contributed by atoms with E-state index in [1.54, 1.807) is 10.1 Å². The third-order valence-electron chi connectivity index (χ3n) is 0. The van der Waals surface area contributed by atoms with E-state index in [9.17, 15) is 0 Å². The molecule has 8 heavy (non-hydrogen) atoms. The monoisotopic (exact) mass is 275 g/mol. The molecular formula is O6YZr. The molecule has 0 N–H and O–H groups in total. The Hall–Kier alpha value is 1.75. The van der Waals surface area contributed by atoms with Gasteiger partial charge in [-0.25, -0.2) is 0 Å². The summed E-state index contributed by atoms with van der Waals surface area (Å²) >= 11 is 0. The summed E-state index contributed by atoms with van der Waals surface area (Å²) in [7, 11) is 0. The Morgan fingerprint density at radius 3 is 0.750 bits per heavy atom. The van der Waals surface area contributed by atoms with E-state index < -0.39 is 0 Å². The van der Waals surface area contributed by atoms with Crippen LogP contribution in [0.2, 0.25) is 0 Å². The molecule has 0 aliphatic heterocycles. The molecule has 8 heteroatoms. The van der Waals surface area contributed by atoms with Crippen molar-refractivity contribution in [3.8, 4) is 0 Å². The number of rotatable bonds is 0. The van der Waals surface area contributed by atoms with Gasteiger partial charge in [-0.1, -0.05) is 0 Å². The zero-order valence-corrected chi connectivity index (χ0v) is 8.82. The van der Waals surface area contributed by atoms with Crippen LogP contribution in [-0.4, -0.2) is 0 Å². The molecule has 0 fully saturated rings. The SMILES string of the molecule is [O-]O[O-].[O-]O[O-].[Y].[Zr+4]. The molecule has 0 spiro atoms. The van der Waals surface area contributed by atoms with Crippen molar-refractivity contribution in [2.45, 2.75) is 0 Å². The molecule has 0 aromatic heterocycles. The van der Waals surface area contributed by atoms with Crippen molar-refractivity contribution in [3.05, 3.63) is 0 Å². The maximum atomic E-state index is 7.88. The largest absolute Gasteiger partial charge is 4.00 e. The van der Waals surface area contributed by atoms with Crippen LogP contribution in [0.4, 0.5) is 0 Å². The Balaban J connectivity index is -0.0000000160. The second kappa shape index (κ2) is 37.4. The standard InChI is InChI=1S/2H2O3.Y.Zr/c2*1-3-2;;/h2*1-2H;;/q;;;+4/p-4. The van der Waals surface area contributed by atoms with Crippen LogP contribution < -0.4 is 21.0 Å². The molecule has 0 aromatic rings. The topological polar surface area (TPSA) is 111 Å². The first-order valence-electron chi connectivity index (χ1n) is 0.667. The van der Waals surface area contributed by atoms with Gasteiger partial charge in [-0.15, -0.1) is 0 Å². The van der Waals surface area contributed by atoms with Crippen molar-refractivity contribution in [2.75, 3.05) is 0 Å². The van der Waals surface area contributed by atoms with Gasteiger partial charge in [-0.05, 0) is 0 Å². The molecule has 0 bridgehead atoms. The summed E-state index contributed by atoms with van der Waals surface area (Å²) in [5, 5.41) is 35.0. The van der Waals surface area contributed by atoms with Crippen molar-refractivity contribution in [1.29, 1.82) is 0 Å². The Bertz CT molecular complexity index is 10.5. The second-order valence-corrected chi connectivity index (χ2v) is 0.136.